The van der Waals surface area contributed by atoms with Crippen LogP contribution in [0.3, 0.4) is 0 Å². The monoisotopic (exact) mass is 226 g/mol. The van der Waals surface area contributed by atoms with Crippen LogP contribution in [0.1, 0.15) is 19.4 Å². The molecule has 0 aliphatic carbocycles. The highest BCUT2D eigenvalue weighted by atomic mass is 14.6. The normalized spacial score (nSPS) is 12.4. The van der Waals surface area contributed by atoms with E-state index in [9.17, 15) is 0 Å². The molecule has 0 bridgehead atoms. The Bertz CT molecular complexity index is 536. The molecule has 0 spiro atoms. The molecule has 1 aromatic carbocycles. The van der Waals surface area contributed by atoms with Crippen LogP contribution in [0.2, 0.25) is 0 Å². The van der Waals surface area contributed by atoms with Gasteiger partial charge in [0.2, 0.25) is 0 Å². The van der Waals surface area contributed by atoms with Gasteiger partial charge in [0.25, 0.3) is 0 Å². The minimum atomic E-state index is 0.479. The van der Waals surface area contributed by atoms with Gasteiger partial charge in [0.05, 0.1) is 5.52 Å². The fraction of sp³-hybridized carbons (Fsp3) is 0.267. The Morgan fingerprint density at radius 2 is 2.06 bits per heavy atom. The smallest absolute Gasteiger partial charge is 0.0707 e. The van der Waals surface area contributed by atoms with E-state index in [0.717, 1.165) is 5.52 Å². The van der Waals surface area contributed by atoms with E-state index < -0.39 is 0 Å². The average molecular weight is 226 g/mol. The van der Waals surface area contributed by atoms with Gasteiger partial charge in [-0.1, -0.05) is 43.7 Å². The van der Waals surface area contributed by atoms with Crippen LogP contribution in [0.5, 0.6) is 0 Å². The Hall–Kier alpha value is -1.67. The molecule has 2 heteroatoms. The van der Waals surface area contributed by atoms with Crippen LogP contribution in [0.25, 0.3) is 17.0 Å². The third-order valence-electron chi connectivity index (χ3n) is 3.00. The molecule has 2 nitrogen and oxygen atoms in total. The van der Waals surface area contributed by atoms with Gasteiger partial charge in [0, 0.05) is 18.1 Å². The van der Waals surface area contributed by atoms with Crippen molar-refractivity contribution in [2.24, 2.45) is 11.7 Å². The zero-order valence-corrected chi connectivity index (χ0v) is 10.4. The molecule has 1 aromatic heterocycles. The van der Waals surface area contributed by atoms with E-state index in [0.29, 0.717) is 12.5 Å². The van der Waals surface area contributed by atoms with Gasteiger partial charge in [-0.15, -0.1) is 0 Å². The van der Waals surface area contributed by atoms with Gasteiger partial charge in [-0.25, -0.2) is 0 Å². The van der Waals surface area contributed by atoms with E-state index in [1.54, 1.807) is 0 Å². The minimum absolute atomic E-state index is 0.479. The number of fused-ring (bicyclic) bond motifs is 1. The maximum atomic E-state index is 5.78. The third-order valence-corrected chi connectivity index (χ3v) is 3.00. The molecule has 2 rings (SSSR count). The quantitative estimate of drug-likeness (QED) is 0.872. The second kappa shape index (κ2) is 5.11. The van der Waals surface area contributed by atoms with Crippen molar-refractivity contribution in [3.63, 3.8) is 0 Å². The molecule has 0 aliphatic heterocycles. The van der Waals surface area contributed by atoms with Crippen molar-refractivity contribution in [1.29, 1.82) is 0 Å². The van der Waals surface area contributed by atoms with Crippen molar-refractivity contribution >= 4 is 17.0 Å². The Balaban J connectivity index is 2.56. The first-order valence-electron chi connectivity index (χ1n) is 5.96. The second-order valence-corrected chi connectivity index (χ2v) is 4.50. The van der Waals surface area contributed by atoms with E-state index in [-0.39, 0.29) is 0 Å². The number of benzene rings is 1. The number of para-hydroxylation sites is 1. The Kier molecular flexibility index (Phi) is 3.55. The summed E-state index contributed by atoms with van der Waals surface area (Å²) in [7, 11) is 0. The van der Waals surface area contributed by atoms with Gasteiger partial charge in [0.1, 0.15) is 0 Å². The molecule has 88 valence electrons. The molecule has 0 radical (unpaired) electrons. The molecule has 0 atom stereocenters. The zero-order chi connectivity index (χ0) is 12.3. The number of hydrogen-bond donors (Lipinski definition) is 1. The van der Waals surface area contributed by atoms with Crippen LogP contribution >= 0.6 is 0 Å². The molecule has 2 aromatic rings. The zero-order valence-electron chi connectivity index (χ0n) is 10.4. The standard InChI is InChI=1S/C15H18N2/c1-11(2)13(10-16)9-12-7-8-17-15-6-4-3-5-14(12)15/h3-9,11H,10,16H2,1-2H3. The van der Waals surface area contributed by atoms with Crippen molar-refractivity contribution in [2.75, 3.05) is 6.54 Å². The van der Waals surface area contributed by atoms with Gasteiger partial charge >= 0.3 is 0 Å². The molecule has 0 aliphatic rings. The van der Waals surface area contributed by atoms with Crippen LogP contribution in [0.4, 0.5) is 0 Å². The van der Waals surface area contributed by atoms with Gasteiger partial charge in [-0.3, -0.25) is 4.98 Å². The lowest BCUT2D eigenvalue weighted by atomic mass is 9.99. The molecule has 0 fully saturated rings. The minimum Gasteiger partial charge on any atom is -0.327 e. The summed E-state index contributed by atoms with van der Waals surface area (Å²) in [5, 5.41) is 1.18. The molecule has 0 unspecified atom stereocenters. The maximum Gasteiger partial charge on any atom is 0.0707 e. The Labute approximate surface area is 102 Å². The highest BCUT2D eigenvalue weighted by molar-refractivity contribution is 5.87. The maximum absolute atomic E-state index is 5.78. The first kappa shape index (κ1) is 11.8. The number of hydrogen-bond acceptors (Lipinski definition) is 2. The molecule has 2 N–H and O–H groups in total. The average Bonchev–Trinajstić information content (AvgIpc) is 2.35. The Morgan fingerprint density at radius 1 is 1.29 bits per heavy atom. The van der Waals surface area contributed by atoms with Crippen molar-refractivity contribution in [3.8, 4) is 0 Å². The summed E-state index contributed by atoms with van der Waals surface area (Å²) in [5.74, 6) is 0.479. The van der Waals surface area contributed by atoms with Crippen molar-refractivity contribution in [3.05, 3.63) is 47.7 Å². The molecule has 0 saturated heterocycles. The Morgan fingerprint density at radius 3 is 2.76 bits per heavy atom. The summed E-state index contributed by atoms with van der Waals surface area (Å²) < 4.78 is 0. The van der Waals surface area contributed by atoms with Crippen LogP contribution in [-0.2, 0) is 0 Å². The van der Waals surface area contributed by atoms with Crippen LogP contribution in [0.15, 0.2) is 42.1 Å². The van der Waals surface area contributed by atoms with E-state index in [2.05, 4.69) is 31.0 Å². The summed E-state index contributed by atoms with van der Waals surface area (Å²) in [4.78, 5) is 4.36. The van der Waals surface area contributed by atoms with E-state index >= 15 is 0 Å². The summed E-state index contributed by atoms with van der Waals surface area (Å²) in [6.07, 6.45) is 4.04. The first-order valence-corrected chi connectivity index (χ1v) is 5.96. The van der Waals surface area contributed by atoms with Gasteiger partial charge in [-0.05, 0) is 23.6 Å². The number of nitrogens with zero attached hydrogens (tertiary/aromatic N) is 1. The van der Waals surface area contributed by atoms with Crippen molar-refractivity contribution < 1.29 is 0 Å². The fourth-order valence-corrected chi connectivity index (χ4v) is 1.90. The predicted octanol–water partition coefficient (Wildman–Crippen LogP) is 3.23. The number of pyridine rings is 1. The molecule has 17 heavy (non-hydrogen) atoms. The van der Waals surface area contributed by atoms with Gasteiger partial charge in [-0.2, -0.15) is 0 Å². The molecular formula is C15H18N2. The van der Waals surface area contributed by atoms with Crippen LogP contribution in [-0.4, -0.2) is 11.5 Å². The first-order chi connectivity index (χ1) is 8.22. The van der Waals surface area contributed by atoms with E-state index in [1.807, 2.05) is 30.5 Å². The SMILES string of the molecule is CC(C)C(=Cc1ccnc2ccccc12)CN. The molecule has 0 saturated carbocycles. The number of rotatable bonds is 3. The number of aromatic nitrogens is 1. The molecule has 1 heterocycles. The number of nitrogens with two attached hydrogens (primary N) is 1. The summed E-state index contributed by atoms with van der Waals surface area (Å²) in [5.41, 5.74) is 9.27. The van der Waals surface area contributed by atoms with Gasteiger partial charge < -0.3 is 5.73 Å². The van der Waals surface area contributed by atoms with Crippen molar-refractivity contribution in [2.45, 2.75) is 13.8 Å². The molecule has 0 amide bonds. The molecular weight excluding hydrogens is 208 g/mol. The van der Waals surface area contributed by atoms with Crippen molar-refractivity contribution in [1.82, 2.24) is 4.98 Å². The predicted molar refractivity (Wildman–Crippen MR) is 73.6 cm³/mol. The lowest BCUT2D eigenvalue weighted by molar-refractivity contribution is 0.753. The van der Waals surface area contributed by atoms with Gasteiger partial charge in [0.15, 0.2) is 0 Å². The largest absolute Gasteiger partial charge is 0.327 e. The topological polar surface area (TPSA) is 38.9 Å². The van der Waals surface area contributed by atoms with E-state index in [1.165, 1.54) is 16.5 Å². The summed E-state index contributed by atoms with van der Waals surface area (Å²) in [6, 6.07) is 10.2. The van der Waals surface area contributed by atoms with E-state index in [4.69, 9.17) is 5.73 Å². The summed E-state index contributed by atoms with van der Waals surface area (Å²) in [6.45, 7) is 4.94. The highest BCUT2D eigenvalue weighted by Gasteiger charge is 2.03. The summed E-state index contributed by atoms with van der Waals surface area (Å²) >= 11 is 0. The van der Waals surface area contributed by atoms with Crippen LogP contribution < -0.4 is 5.73 Å². The highest BCUT2D eigenvalue weighted by Crippen LogP contribution is 2.20. The lowest BCUT2D eigenvalue weighted by Crippen LogP contribution is -2.08. The van der Waals surface area contributed by atoms with Crippen LogP contribution in [0, 0.1) is 5.92 Å². The lowest BCUT2D eigenvalue weighted by Gasteiger charge is -2.09. The third kappa shape index (κ3) is 2.53. The fourth-order valence-electron chi connectivity index (χ4n) is 1.90. The second-order valence-electron chi connectivity index (χ2n) is 4.50.